The van der Waals surface area contributed by atoms with Crippen LogP contribution in [0.25, 0.3) is 0 Å². The number of nitrogens with two attached hydrogens (primary N) is 1. The number of aromatic nitrogens is 1. The fourth-order valence-electron chi connectivity index (χ4n) is 2.13. The summed E-state index contributed by atoms with van der Waals surface area (Å²) in [7, 11) is -3.40. The molecule has 1 aromatic rings. The third-order valence-electron chi connectivity index (χ3n) is 2.85. The molecule has 7 heteroatoms. The van der Waals surface area contributed by atoms with Gasteiger partial charge < -0.3 is 5.73 Å². The zero-order valence-electron chi connectivity index (χ0n) is 9.96. The van der Waals surface area contributed by atoms with Gasteiger partial charge in [-0.25, -0.2) is 13.4 Å². The van der Waals surface area contributed by atoms with Crippen LogP contribution < -0.4 is 5.73 Å². The van der Waals surface area contributed by atoms with Gasteiger partial charge in [-0.1, -0.05) is 6.92 Å². The Morgan fingerprint density at radius 2 is 2.24 bits per heavy atom. The first-order chi connectivity index (χ1) is 7.89. The van der Waals surface area contributed by atoms with E-state index in [0.717, 1.165) is 11.4 Å². The molecule has 0 aromatic carbocycles. The molecular formula is C10H17N3O2S2. The van der Waals surface area contributed by atoms with Gasteiger partial charge in [0, 0.05) is 19.1 Å². The highest BCUT2D eigenvalue weighted by atomic mass is 32.2. The van der Waals surface area contributed by atoms with Crippen molar-refractivity contribution in [1.82, 2.24) is 9.29 Å². The van der Waals surface area contributed by atoms with Crippen molar-refractivity contribution in [2.45, 2.75) is 30.5 Å². The van der Waals surface area contributed by atoms with Crippen LogP contribution in [0.15, 0.2) is 10.4 Å². The molecule has 0 amide bonds. The molecule has 1 fully saturated rings. The number of sulfonamides is 1. The molecule has 2 unspecified atom stereocenters. The molecule has 1 saturated heterocycles. The summed E-state index contributed by atoms with van der Waals surface area (Å²) in [5.41, 5.74) is 5.88. The molecule has 0 bridgehead atoms. The molecule has 1 aromatic heterocycles. The molecule has 2 N–H and O–H groups in total. The molecule has 5 nitrogen and oxygen atoms in total. The Balaban J connectivity index is 2.26. The molecule has 96 valence electrons. The molecule has 17 heavy (non-hydrogen) atoms. The Morgan fingerprint density at radius 1 is 1.53 bits per heavy atom. The predicted octanol–water partition coefficient (Wildman–Crippen LogP) is 0.809. The van der Waals surface area contributed by atoms with Crippen molar-refractivity contribution in [2.24, 2.45) is 11.7 Å². The lowest BCUT2D eigenvalue weighted by atomic mass is 9.99. The van der Waals surface area contributed by atoms with Gasteiger partial charge in [-0.2, -0.15) is 4.31 Å². The largest absolute Gasteiger partial charge is 0.326 e. The highest BCUT2D eigenvalue weighted by Crippen LogP contribution is 2.26. The number of aryl methyl sites for hydroxylation is 1. The topological polar surface area (TPSA) is 76.3 Å². The van der Waals surface area contributed by atoms with Gasteiger partial charge in [-0.05, 0) is 19.3 Å². The van der Waals surface area contributed by atoms with E-state index in [4.69, 9.17) is 5.73 Å². The normalized spacial score (nSPS) is 27.2. The summed E-state index contributed by atoms with van der Waals surface area (Å²) in [6, 6.07) is -0.0671. The van der Waals surface area contributed by atoms with Gasteiger partial charge in [0.2, 0.25) is 0 Å². The molecule has 2 atom stereocenters. The van der Waals surface area contributed by atoms with Crippen LogP contribution in [0.1, 0.15) is 18.4 Å². The van der Waals surface area contributed by atoms with Crippen molar-refractivity contribution in [3.63, 3.8) is 0 Å². The molecule has 2 heterocycles. The van der Waals surface area contributed by atoms with E-state index in [1.807, 2.05) is 6.92 Å². The van der Waals surface area contributed by atoms with E-state index in [-0.39, 0.29) is 6.04 Å². The summed E-state index contributed by atoms with van der Waals surface area (Å²) >= 11 is 1.21. The monoisotopic (exact) mass is 275 g/mol. The van der Waals surface area contributed by atoms with E-state index < -0.39 is 10.0 Å². The minimum Gasteiger partial charge on any atom is -0.326 e. The van der Waals surface area contributed by atoms with Gasteiger partial charge in [0.1, 0.15) is 0 Å². The summed E-state index contributed by atoms with van der Waals surface area (Å²) in [6.07, 6.45) is 2.31. The van der Waals surface area contributed by atoms with Gasteiger partial charge in [0.05, 0.1) is 11.2 Å². The first kappa shape index (κ1) is 12.9. The van der Waals surface area contributed by atoms with Crippen LogP contribution in [0.2, 0.25) is 0 Å². The first-order valence-electron chi connectivity index (χ1n) is 5.57. The number of rotatable bonds is 2. The molecule has 2 rings (SSSR count). The van der Waals surface area contributed by atoms with Gasteiger partial charge >= 0.3 is 0 Å². The third-order valence-corrected chi connectivity index (χ3v) is 6.03. The lowest BCUT2D eigenvalue weighted by molar-refractivity contribution is 0.255. The SMILES string of the molecule is Cc1ncc(S(=O)(=O)N2CC(C)CC(N)C2)s1. The molecular weight excluding hydrogens is 258 g/mol. The smallest absolute Gasteiger partial charge is 0.254 e. The maximum Gasteiger partial charge on any atom is 0.254 e. The Hall–Kier alpha value is -0.500. The Morgan fingerprint density at radius 3 is 2.76 bits per heavy atom. The van der Waals surface area contributed by atoms with Crippen LogP contribution in [0.3, 0.4) is 0 Å². The van der Waals surface area contributed by atoms with Crippen molar-refractivity contribution in [2.75, 3.05) is 13.1 Å². The van der Waals surface area contributed by atoms with Crippen molar-refractivity contribution >= 4 is 21.4 Å². The summed E-state index contributed by atoms with van der Waals surface area (Å²) in [5, 5.41) is 0.762. The zero-order valence-corrected chi connectivity index (χ0v) is 11.6. The van der Waals surface area contributed by atoms with E-state index in [9.17, 15) is 8.42 Å². The number of thiazole rings is 1. The minimum atomic E-state index is -3.40. The van der Waals surface area contributed by atoms with Crippen LogP contribution in [0.5, 0.6) is 0 Å². The first-order valence-corrected chi connectivity index (χ1v) is 7.83. The Kier molecular flexibility index (Phi) is 3.53. The van der Waals surface area contributed by atoms with Crippen molar-refractivity contribution in [3.05, 3.63) is 11.2 Å². The summed E-state index contributed by atoms with van der Waals surface area (Å²) < 4.78 is 26.5. The fourth-order valence-corrected chi connectivity index (χ4v) is 5.01. The summed E-state index contributed by atoms with van der Waals surface area (Å²) in [5.74, 6) is 0.308. The lowest BCUT2D eigenvalue weighted by Gasteiger charge is -2.33. The highest BCUT2D eigenvalue weighted by molar-refractivity contribution is 7.91. The van der Waals surface area contributed by atoms with Gasteiger partial charge in [-0.15, -0.1) is 11.3 Å². The third kappa shape index (κ3) is 2.67. The average Bonchev–Trinajstić information content (AvgIpc) is 2.64. The second-order valence-electron chi connectivity index (χ2n) is 4.62. The molecule has 1 aliphatic rings. The Labute approximate surface area is 106 Å². The van der Waals surface area contributed by atoms with E-state index >= 15 is 0 Å². The maximum atomic E-state index is 12.3. The quantitative estimate of drug-likeness (QED) is 0.866. The van der Waals surface area contributed by atoms with Crippen LogP contribution >= 0.6 is 11.3 Å². The second kappa shape index (κ2) is 4.64. The zero-order chi connectivity index (χ0) is 12.6. The molecule has 0 spiro atoms. The molecule has 1 aliphatic heterocycles. The number of hydrogen-bond donors (Lipinski definition) is 1. The number of nitrogens with zero attached hydrogens (tertiary/aromatic N) is 2. The van der Waals surface area contributed by atoms with Crippen molar-refractivity contribution in [3.8, 4) is 0 Å². The molecule has 0 aliphatic carbocycles. The van der Waals surface area contributed by atoms with E-state index in [1.165, 1.54) is 21.8 Å². The van der Waals surface area contributed by atoms with Gasteiger partial charge in [-0.3, -0.25) is 0 Å². The summed E-state index contributed by atoms with van der Waals surface area (Å²) in [4.78, 5) is 4.00. The number of hydrogen-bond acceptors (Lipinski definition) is 5. The van der Waals surface area contributed by atoms with E-state index in [0.29, 0.717) is 23.2 Å². The maximum absolute atomic E-state index is 12.3. The minimum absolute atomic E-state index is 0.0671. The van der Waals surface area contributed by atoms with Gasteiger partial charge in [0.15, 0.2) is 4.21 Å². The number of piperidine rings is 1. The standard InChI is InChI=1S/C10H17N3O2S2/c1-7-3-9(11)6-13(5-7)17(14,15)10-4-12-8(2)16-10/h4,7,9H,3,5-6,11H2,1-2H3. The van der Waals surface area contributed by atoms with Gasteiger partial charge in [0.25, 0.3) is 10.0 Å². The average molecular weight is 275 g/mol. The molecule has 0 radical (unpaired) electrons. The fraction of sp³-hybridized carbons (Fsp3) is 0.700. The summed E-state index contributed by atoms with van der Waals surface area (Å²) in [6.45, 7) is 4.78. The lowest BCUT2D eigenvalue weighted by Crippen LogP contribution is -2.48. The van der Waals surface area contributed by atoms with Crippen LogP contribution in [0, 0.1) is 12.8 Å². The second-order valence-corrected chi connectivity index (χ2v) is 8.02. The molecule has 0 saturated carbocycles. The van der Waals surface area contributed by atoms with Crippen molar-refractivity contribution in [1.29, 1.82) is 0 Å². The predicted molar refractivity (Wildman–Crippen MR) is 67.4 cm³/mol. The van der Waals surface area contributed by atoms with Crippen molar-refractivity contribution < 1.29 is 8.42 Å². The van der Waals surface area contributed by atoms with Crippen LogP contribution in [-0.4, -0.2) is 36.8 Å². The Bertz CT molecular complexity index is 487. The van der Waals surface area contributed by atoms with E-state index in [1.54, 1.807) is 6.92 Å². The van der Waals surface area contributed by atoms with E-state index in [2.05, 4.69) is 4.98 Å². The van der Waals surface area contributed by atoms with Crippen LogP contribution in [0.4, 0.5) is 0 Å². The highest BCUT2D eigenvalue weighted by Gasteiger charge is 2.32. The van der Waals surface area contributed by atoms with Crippen LogP contribution in [-0.2, 0) is 10.0 Å².